The third-order valence-electron chi connectivity index (χ3n) is 0.848. The van der Waals surface area contributed by atoms with E-state index in [1.165, 1.54) is 0 Å². The largest absolute Gasteiger partial charge is 0.265 e. The van der Waals surface area contributed by atoms with Crippen LogP contribution in [0.3, 0.4) is 0 Å². The molecule has 0 amide bonds. The van der Waals surface area contributed by atoms with Crippen LogP contribution in [0.15, 0.2) is 5.10 Å². The van der Waals surface area contributed by atoms with Crippen LogP contribution in [-0.2, 0) is 0 Å². The van der Waals surface area contributed by atoms with Gasteiger partial charge in [0.1, 0.15) is 0 Å². The highest BCUT2D eigenvalue weighted by Gasteiger charge is 2.23. The summed E-state index contributed by atoms with van der Waals surface area (Å²) >= 11 is 0. The second-order valence-corrected chi connectivity index (χ2v) is 2.31. The SMILES string of the molecule is CC1(C)C=N[N+]=C1. The molecule has 0 saturated carbocycles. The average Bonchev–Trinajstić information content (AvgIpc) is 1.84. The van der Waals surface area contributed by atoms with Gasteiger partial charge in [0.2, 0.25) is 0 Å². The molecule has 2 heteroatoms. The predicted octanol–water partition coefficient (Wildman–Crippen LogP) is 0.419. The van der Waals surface area contributed by atoms with Crippen LogP contribution in [0.5, 0.6) is 0 Å². The first-order chi connectivity index (χ1) is 3.21. The number of hydrogen-bond donors (Lipinski definition) is 0. The fourth-order valence-corrected chi connectivity index (χ4v) is 0.398. The van der Waals surface area contributed by atoms with Crippen molar-refractivity contribution < 1.29 is 0 Å². The zero-order valence-corrected chi connectivity index (χ0v) is 4.55. The van der Waals surface area contributed by atoms with E-state index < -0.39 is 0 Å². The molecule has 0 saturated heterocycles. The molecule has 0 fully saturated rings. The van der Waals surface area contributed by atoms with Crippen molar-refractivity contribution in [1.82, 2.24) is 5.10 Å². The molecular formula is C5H8N2+. The van der Waals surface area contributed by atoms with Gasteiger partial charge in [-0.1, -0.05) is 0 Å². The van der Waals surface area contributed by atoms with Gasteiger partial charge >= 0.3 is 0 Å². The Kier molecular flexibility index (Phi) is 0.741. The van der Waals surface area contributed by atoms with E-state index in [0.717, 1.165) is 0 Å². The fourth-order valence-electron chi connectivity index (χ4n) is 0.398. The Morgan fingerprint density at radius 2 is 2.29 bits per heavy atom. The van der Waals surface area contributed by atoms with Gasteiger partial charge in [-0.2, -0.15) is 0 Å². The smallest absolute Gasteiger partial charge is 0.0449 e. The van der Waals surface area contributed by atoms with Crippen LogP contribution < -0.4 is 5.10 Å². The lowest BCUT2D eigenvalue weighted by molar-refractivity contribution is 0.778. The summed E-state index contributed by atoms with van der Waals surface area (Å²) in [5, 5.41) is 7.36. The normalized spacial score (nSPS) is 23.7. The first kappa shape index (κ1) is 4.50. The van der Waals surface area contributed by atoms with Gasteiger partial charge in [-0.3, -0.25) is 0 Å². The summed E-state index contributed by atoms with van der Waals surface area (Å²) < 4.78 is 0. The molecule has 7 heavy (non-hydrogen) atoms. The minimum absolute atomic E-state index is 0.111. The molecule has 37 valence electrons. The van der Waals surface area contributed by atoms with Crippen molar-refractivity contribution in [3.8, 4) is 0 Å². The van der Waals surface area contributed by atoms with Crippen molar-refractivity contribution in [2.75, 3.05) is 0 Å². The Labute approximate surface area is 43.0 Å². The van der Waals surface area contributed by atoms with E-state index in [4.69, 9.17) is 0 Å². The molecule has 1 heterocycles. The minimum Gasteiger partial charge on any atom is -0.0449 e. The summed E-state index contributed by atoms with van der Waals surface area (Å²) in [6.45, 7) is 4.12. The summed E-state index contributed by atoms with van der Waals surface area (Å²) in [7, 11) is 0. The lowest BCUT2D eigenvalue weighted by atomic mass is 9.99. The van der Waals surface area contributed by atoms with E-state index in [-0.39, 0.29) is 5.41 Å². The molecule has 0 aliphatic carbocycles. The van der Waals surface area contributed by atoms with Crippen LogP contribution in [0.25, 0.3) is 0 Å². The molecule has 0 aromatic carbocycles. The molecule has 1 radical (unpaired) electrons. The Bertz CT molecular complexity index is 108. The van der Waals surface area contributed by atoms with Crippen molar-refractivity contribution in [2.45, 2.75) is 13.8 Å². The van der Waals surface area contributed by atoms with Gasteiger partial charge in [0.15, 0.2) is 5.10 Å². The molecule has 1 rings (SSSR count). The number of hydrogen-bond acceptors (Lipinski definition) is 2. The summed E-state index contributed by atoms with van der Waals surface area (Å²) in [6, 6.07) is 0. The van der Waals surface area contributed by atoms with Crippen LogP contribution in [0, 0.1) is 5.41 Å². The fraction of sp³-hybridized carbons (Fsp3) is 0.600. The summed E-state index contributed by atoms with van der Waals surface area (Å²) in [6.07, 6.45) is 3.65. The summed E-state index contributed by atoms with van der Waals surface area (Å²) in [4.78, 5) is 0. The molecule has 1 aliphatic heterocycles. The summed E-state index contributed by atoms with van der Waals surface area (Å²) in [5.41, 5.74) is 0.111. The van der Waals surface area contributed by atoms with Gasteiger partial charge in [0.25, 0.3) is 6.21 Å². The first-order valence-electron chi connectivity index (χ1n) is 2.29. The van der Waals surface area contributed by atoms with Crippen molar-refractivity contribution >= 4 is 12.4 Å². The molecule has 0 spiro atoms. The van der Waals surface area contributed by atoms with Gasteiger partial charge in [-0.05, 0) is 13.8 Å². The van der Waals surface area contributed by atoms with Crippen molar-refractivity contribution in [1.29, 1.82) is 0 Å². The maximum atomic E-state index is 3.68. The van der Waals surface area contributed by atoms with Crippen molar-refractivity contribution in [3.05, 3.63) is 0 Å². The zero-order chi connectivity index (χ0) is 5.33. The molecule has 0 atom stereocenters. The van der Waals surface area contributed by atoms with Crippen LogP contribution in [0.4, 0.5) is 0 Å². The van der Waals surface area contributed by atoms with Crippen molar-refractivity contribution in [2.24, 2.45) is 10.5 Å². The van der Waals surface area contributed by atoms with Gasteiger partial charge < -0.3 is 0 Å². The van der Waals surface area contributed by atoms with Crippen LogP contribution in [-0.4, -0.2) is 12.4 Å². The maximum absolute atomic E-state index is 3.68. The van der Waals surface area contributed by atoms with Crippen molar-refractivity contribution in [3.63, 3.8) is 0 Å². The highest BCUT2D eigenvalue weighted by molar-refractivity contribution is 5.90. The molecule has 1 aliphatic rings. The van der Waals surface area contributed by atoms with E-state index in [9.17, 15) is 0 Å². The molecule has 0 unspecified atom stereocenters. The van der Waals surface area contributed by atoms with E-state index in [1.807, 2.05) is 12.4 Å². The first-order valence-corrected chi connectivity index (χ1v) is 2.29. The van der Waals surface area contributed by atoms with E-state index in [0.29, 0.717) is 0 Å². The second-order valence-electron chi connectivity index (χ2n) is 2.31. The van der Waals surface area contributed by atoms with Gasteiger partial charge in [-0.25, -0.2) is 0 Å². The molecule has 0 aromatic heterocycles. The Morgan fingerprint density at radius 1 is 1.57 bits per heavy atom. The van der Waals surface area contributed by atoms with Crippen LogP contribution in [0.2, 0.25) is 0 Å². The van der Waals surface area contributed by atoms with E-state index in [2.05, 4.69) is 24.1 Å². The zero-order valence-electron chi connectivity index (χ0n) is 4.55. The monoisotopic (exact) mass is 96.1 g/mol. The highest BCUT2D eigenvalue weighted by Crippen LogP contribution is 2.08. The van der Waals surface area contributed by atoms with E-state index >= 15 is 0 Å². The molecule has 0 N–H and O–H groups in total. The predicted molar refractivity (Wildman–Crippen MR) is 30.5 cm³/mol. The molecule has 0 aromatic rings. The number of rotatable bonds is 0. The van der Waals surface area contributed by atoms with Gasteiger partial charge in [-0.15, -0.1) is 0 Å². The third-order valence-corrected chi connectivity index (χ3v) is 0.848. The Hall–Kier alpha value is -0.660. The summed E-state index contributed by atoms with van der Waals surface area (Å²) in [5.74, 6) is 0. The van der Waals surface area contributed by atoms with Crippen LogP contribution >= 0.6 is 0 Å². The Balaban J connectivity index is 2.77. The molecule has 2 nitrogen and oxygen atoms in total. The third kappa shape index (κ3) is 0.856. The molecule has 0 bridgehead atoms. The topological polar surface area (TPSA) is 26.5 Å². The maximum Gasteiger partial charge on any atom is 0.265 e. The van der Waals surface area contributed by atoms with E-state index in [1.54, 1.807) is 0 Å². The van der Waals surface area contributed by atoms with Gasteiger partial charge in [0.05, 0.1) is 16.7 Å². The Morgan fingerprint density at radius 3 is 2.43 bits per heavy atom. The average molecular weight is 96.1 g/mol. The van der Waals surface area contributed by atoms with Crippen LogP contribution in [0.1, 0.15) is 13.8 Å². The minimum atomic E-state index is 0.111. The lowest BCUT2D eigenvalue weighted by Crippen LogP contribution is -2.10. The lowest BCUT2D eigenvalue weighted by Gasteiger charge is -1.96. The number of nitrogens with zero attached hydrogens (tertiary/aromatic N) is 2. The van der Waals surface area contributed by atoms with Gasteiger partial charge in [0, 0.05) is 0 Å². The quantitative estimate of drug-likeness (QED) is 0.418. The highest BCUT2D eigenvalue weighted by atomic mass is 15.2. The molecular weight excluding hydrogens is 88.1 g/mol. The second kappa shape index (κ2) is 1.15. The standard InChI is InChI=1S/C5H8N2/c1-5(2)3-6-7-4-5/h3-4H,1-2H3/q+1.